The highest BCUT2D eigenvalue weighted by Gasteiger charge is 2.05. The summed E-state index contributed by atoms with van der Waals surface area (Å²) in [5.41, 5.74) is 0.598. The van der Waals surface area contributed by atoms with E-state index in [9.17, 15) is 4.79 Å². The van der Waals surface area contributed by atoms with Crippen molar-refractivity contribution in [1.82, 2.24) is 19.5 Å². The minimum atomic E-state index is -0.0885. The van der Waals surface area contributed by atoms with Gasteiger partial charge in [0, 0.05) is 29.0 Å². The van der Waals surface area contributed by atoms with Gasteiger partial charge in [0.05, 0.1) is 6.54 Å². The third kappa shape index (κ3) is 2.66. The van der Waals surface area contributed by atoms with E-state index in [0.717, 1.165) is 13.1 Å². The van der Waals surface area contributed by atoms with E-state index in [1.165, 1.54) is 14.4 Å². The molecule has 0 atom stereocenters. The normalized spacial score (nSPS) is 11.2. The maximum absolute atomic E-state index is 12.0. The first-order valence-electron chi connectivity index (χ1n) is 6.54. The highest BCUT2D eigenvalue weighted by molar-refractivity contribution is 7.11. The number of pyridine rings is 1. The number of hydrogen-bond acceptors (Lipinski definition) is 4. The fraction of sp³-hybridized carbons (Fsp3) is 0.286. The van der Waals surface area contributed by atoms with Crippen LogP contribution in [0.2, 0.25) is 0 Å². The number of hydrogen-bond donors (Lipinski definition) is 1. The minimum absolute atomic E-state index is 0.0885. The van der Waals surface area contributed by atoms with Crippen LogP contribution in [0.15, 0.2) is 41.3 Å². The molecule has 0 aliphatic rings. The molecule has 5 nitrogen and oxygen atoms in total. The van der Waals surface area contributed by atoms with Gasteiger partial charge >= 0.3 is 5.69 Å². The summed E-state index contributed by atoms with van der Waals surface area (Å²) in [7, 11) is 0. The summed E-state index contributed by atoms with van der Waals surface area (Å²) in [5, 5.41) is 7.63. The number of aromatic nitrogens is 3. The lowest BCUT2D eigenvalue weighted by Gasteiger charge is -2.02. The molecule has 0 amide bonds. The standard InChI is InChI=1S/C14H16N4OS/c1-11-5-6-12(20-11)10-15-7-9-18-14(19)17-8-3-2-4-13(17)16-18/h2-6,8,15H,7,9-10H2,1H3. The number of fused-ring (bicyclic) bond motifs is 1. The summed E-state index contributed by atoms with van der Waals surface area (Å²) >= 11 is 1.79. The van der Waals surface area contributed by atoms with E-state index in [1.807, 2.05) is 18.2 Å². The van der Waals surface area contributed by atoms with Crippen molar-refractivity contribution in [2.24, 2.45) is 0 Å². The van der Waals surface area contributed by atoms with E-state index in [2.05, 4.69) is 29.5 Å². The van der Waals surface area contributed by atoms with Gasteiger partial charge in [0.1, 0.15) is 0 Å². The van der Waals surface area contributed by atoms with Crippen molar-refractivity contribution in [3.8, 4) is 0 Å². The van der Waals surface area contributed by atoms with Crippen LogP contribution in [0.4, 0.5) is 0 Å². The van der Waals surface area contributed by atoms with Crippen LogP contribution in [-0.2, 0) is 13.1 Å². The van der Waals surface area contributed by atoms with Gasteiger partial charge in [-0.25, -0.2) is 9.48 Å². The molecule has 6 heteroatoms. The molecule has 104 valence electrons. The molecule has 0 aliphatic carbocycles. The van der Waals surface area contributed by atoms with Crippen molar-refractivity contribution in [3.63, 3.8) is 0 Å². The Kier molecular flexibility index (Phi) is 3.66. The zero-order chi connectivity index (χ0) is 13.9. The third-order valence-electron chi connectivity index (χ3n) is 3.08. The Balaban J connectivity index is 1.60. The number of nitrogens with zero attached hydrogens (tertiary/aromatic N) is 3. The van der Waals surface area contributed by atoms with Crippen LogP contribution >= 0.6 is 11.3 Å². The number of aryl methyl sites for hydroxylation is 1. The molecule has 20 heavy (non-hydrogen) atoms. The first-order chi connectivity index (χ1) is 9.74. The highest BCUT2D eigenvalue weighted by Crippen LogP contribution is 2.14. The Hall–Kier alpha value is -1.92. The maximum atomic E-state index is 12.0. The maximum Gasteiger partial charge on any atom is 0.350 e. The molecule has 1 N–H and O–H groups in total. The quantitative estimate of drug-likeness (QED) is 0.726. The predicted octanol–water partition coefficient (Wildman–Crippen LogP) is 1.66. The largest absolute Gasteiger partial charge is 0.350 e. The van der Waals surface area contributed by atoms with E-state index in [1.54, 1.807) is 21.9 Å². The molecule has 3 rings (SSSR count). The van der Waals surface area contributed by atoms with Gasteiger partial charge < -0.3 is 5.32 Å². The zero-order valence-electron chi connectivity index (χ0n) is 11.2. The SMILES string of the molecule is Cc1ccc(CNCCn2nc3ccccn3c2=O)s1. The molecule has 3 aromatic heterocycles. The van der Waals surface area contributed by atoms with Crippen molar-refractivity contribution >= 4 is 17.0 Å². The second-order valence-electron chi connectivity index (χ2n) is 4.62. The van der Waals surface area contributed by atoms with E-state index in [-0.39, 0.29) is 5.69 Å². The van der Waals surface area contributed by atoms with Gasteiger partial charge in [-0.2, -0.15) is 0 Å². The predicted molar refractivity (Wildman–Crippen MR) is 80.2 cm³/mol. The van der Waals surface area contributed by atoms with Gasteiger partial charge in [-0.1, -0.05) is 6.07 Å². The fourth-order valence-electron chi connectivity index (χ4n) is 2.09. The van der Waals surface area contributed by atoms with Gasteiger partial charge in [0.25, 0.3) is 0 Å². The summed E-state index contributed by atoms with van der Waals surface area (Å²) in [6.45, 7) is 4.23. The van der Waals surface area contributed by atoms with Gasteiger partial charge in [0.2, 0.25) is 0 Å². The van der Waals surface area contributed by atoms with Crippen molar-refractivity contribution in [2.45, 2.75) is 20.0 Å². The van der Waals surface area contributed by atoms with Crippen LogP contribution in [-0.4, -0.2) is 20.7 Å². The molecule has 0 radical (unpaired) electrons. The van der Waals surface area contributed by atoms with Crippen LogP contribution < -0.4 is 11.0 Å². The number of nitrogens with one attached hydrogen (secondary N) is 1. The Morgan fingerprint density at radius 3 is 2.95 bits per heavy atom. The molecule has 0 fully saturated rings. The molecule has 0 saturated carbocycles. The lowest BCUT2D eigenvalue weighted by atomic mass is 10.4. The Labute approximate surface area is 120 Å². The molecule has 0 unspecified atom stereocenters. The van der Waals surface area contributed by atoms with Crippen LogP contribution in [0.1, 0.15) is 9.75 Å². The number of thiophene rings is 1. The van der Waals surface area contributed by atoms with Gasteiger partial charge in [-0.05, 0) is 31.2 Å². The molecule has 0 aromatic carbocycles. The summed E-state index contributed by atoms with van der Waals surface area (Å²) < 4.78 is 3.06. The minimum Gasteiger partial charge on any atom is -0.310 e. The van der Waals surface area contributed by atoms with Crippen molar-refractivity contribution in [2.75, 3.05) is 6.54 Å². The zero-order valence-corrected chi connectivity index (χ0v) is 12.1. The lowest BCUT2D eigenvalue weighted by molar-refractivity contribution is 0.543. The topological polar surface area (TPSA) is 51.3 Å². The molecular weight excluding hydrogens is 272 g/mol. The first-order valence-corrected chi connectivity index (χ1v) is 7.36. The van der Waals surface area contributed by atoms with Crippen molar-refractivity contribution in [3.05, 3.63) is 56.8 Å². The molecular formula is C14H16N4OS. The molecule has 0 bridgehead atoms. The molecule has 0 saturated heterocycles. The van der Waals surface area contributed by atoms with Crippen LogP contribution in [0.3, 0.4) is 0 Å². The van der Waals surface area contributed by atoms with Crippen LogP contribution in [0.5, 0.6) is 0 Å². The second-order valence-corrected chi connectivity index (χ2v) is 6.00. The molecule has 0 spiro atoms. The smallest absolute Gasteiger partial charge is 0.310 e. The summed E-state index contributed by atoms with van der Waals surface area (Å²) in [6, 6.07) is 9.79. The van der Waals surface area contributed by atoms with E-state index >= 15 is 0 Å². The van der Waals surface area contributed by atoms with Crippen LogP contribution in [0.25, 0.3) is 5.65 Å². The van der Waals surface area contributed by atoms with Crippen molar-refractivity contribution < 1.29 is 0 Å². The van der Waals surface area contributed by atoms with Crippen molar-refractivity contribution in [1.29, 1.82) is 0 Å². The Bertz CT molecular complexity index is 771. The van der Waals surface area contributed by atoms with Gasteiger partial charge in [-0.15, -0.1) is 16.4 Å². The Morgan fingerprint density at radius 2 is 2.20 bits per heavy atom. The monoisotopic (exact) mass is 288 g/mol. The average Bonchev–Trinajstić information content (AvgIpc) is 3.00. The average molecular weight is 288 g/mol. The molecule has 3 aromatic rings. The Morgan fingerprint density at radius 1 is 1.30 bits per heavy atom. The van der Waals surface area contributed by atoms with Crippen LogP contribution in [0, 0.1) is 6.92 Å². The van der Waals surface area contributed by atoms with E-state index in [4.69, 9.17) is 0 Å². The molecule has 3 heterocycles. The fourth-order valence-corrected chi connectivity index (χ4v) is 2.95. The first kappa shape index (κ1) is 13.1. The van der Waals surface area contributed by atoms with Gasteiger partial charge in [0.15, 0.2) is 5.65 Å². The second kappa shape index (κ2) is 5.60. The molecule has 0 aliphatic heterocycles. The van der Waals surface area contributed by atoms with Gasteiger partial charge in [-0.3, -0.25) is 4.40 Å². The highest BCUT2D eigenvalue weighted by atomic mass is 32.1. The summed E-state index contributed by atoms with van der Waals surface area (Å²) in [4.78, 5) is 14.7. The summed E-state index contributed by atoms with van der Waals surface area (Å²) in [6.07, 6.45) is 1.74. The summed E-state index contributed by atoms with van der Waals surface area (Å²) in [5.74, 6) is 0. The third-order valence-corrected chi connectivity index (χ3v) is 4.08. The van der Waals surface area contributed by atoms with E-state index < -0.39 is 0 Å². The lowest BCUT2D eigenvalue weighted by Crippen LogP contribution is -2.27. The number of rotatable bonds is 5. The van der Waals surface area contributed by atoms with E-state index in [0.29, 0.717) is 12.2 Å².